The molecule has 0 bridgehead atoms. The van der Waals surface area contributed by atoms with Gasteiger partial charge in [0, 0.05) is 19.3 Å². The number of fused-ring (bicyclic) bond motifs is 1. The lowest BCUT2D eigenvalue weighted by Crippen LogP contribution is -2.47. The molecule has 6 nitrogen and oxygen atoms in total. The quantitative estimate of drug-likeness (QED) is 0.609. The number of aryl methyl sites for hydroxylation is 1. The summed E-state index contributed by atoms with van der Waals surface area (Å²) < 4.78 is 8.12. The zero-order valence-corrected chi connectivity index (χ0v) is 18.7. The Bertz CT molecular complexity index is 1060. The van der Waals surface area contributed by atoms with Crippen molar-refractivity contribution in [2.45, 2.75) is 33.4 Å². The third-order valence-electron chi connectivity index (χ3n) is 5.90. The number of ether oxygens (including phenoxy) is 1. The fraction of sp³-hybridized carbons (Fsp3) is 0.360. The second kappa shape index (κ2) is 8.84. The number of para-hydroxylation sites is 2. The van der Waals surface area contributed by atoms with Gasteiger partial charge in [-0.25, -0.2) is 0 Å². The van der Waals surface area contributed by atoms with Crippen LogP contribution in [0.4, 0.5) is 5.69 Å². The Balaban J connectivity index is 1.49. The second-order valence-corrected chi connectivity index (χ2v) is 8.12. The summed E-state index contributed by atoms with van der Waals surface area (Å²) >= 11 is 0. The molecule has 0 N–H and O–H groups in total. The predicted molar refractivity (Wildman–Crippen MR) is 123 cm³/mol. The van der Waals surface area contributed by atoms with E-state index in [2.05, 4.69) is 35.1 Å². The zero-order chi connectivity index (χ0) is 22.0. The fourth-order valence-electron chi connectivity index (χ4n) is 4.27. The van der Waals surface area contributed by atoms with Crippen LogP contribution in [0.25, 0.3) is 0 Å². The summed E-state index contributed by atoms with van der Waals surface area (Å²) in [5.74, 6) is 0.865. The van der Waals surface area contributed by atoms with Crippen LogP contribution >= 0.6 is 0 Å². The second-order valence-electron chi connectivity index (χ2n) is 8.12. The van der Waals surface area contributed by atoms with Crippen molar-refractivity contribution in [2.24, 2.45) is 0 Å². The molecule has 0 spiro atoms. The highest BCUT2D eigenvalue weighted by Gasteiger charge is 2.28. The van der Waals surface area contributed by atoms with E-state index in [1.54, 1.807) is 4.90 Å². The normalized spacial score (nSPS) is 15.4. The highest BCUT2D eigenvalue weighted by atomic mass is 16.5. The molecule has 1 aliphatic rings. The zero-order valence-electron chi connectivity index (χ0n) is 18.7. The molecule has 0 saturated heterocycles. The van der Waals surface area contributed by atoms with E-state index in [4.69, 9.17) is 4.74 Å². The molecule has 31 heavy (non-hydrogen) atoms. The summed E-state index contributed by atoms with van der Waals surface area (Å²) in [4.78, 5) is 17.4. The minimum Gasteiger partial charge on any atom is -0.485 e. The van der Waals surface area contributed by atoms with Crippen LogP contribution in [0, 0.1) is 13.8 Å². The number of carbonyl (C=O) groups excluding carboxylic acids is 1. The van der Waals surface area contributed by atoms with Crippen LogP contribution in [-0.2, 0) is 6.54 Å². The van der Waals surface area contributed by atoms with Crippen molar-refractivity contribution >= 4 is 11.6 Å². The average Bonchev–Trinajstić information content (AvgIpc) is 3.05. The van der Waals surface area contributed by atoms with Crippen LogP contribution in [-0.4, -0.2) is 53.4 Å². The smallest absolute Gasteiger partial charge is 0.257 e. The van der Waals surface area contributed by atoms with Gasteiger partial charge in [-0.05, 0) is 38.5 Å². The molecule has 0 aliphatic carbocycles. The Labute approximate surface area is 184 Å². The van der Waals surface area contributed by atoms with Gasteiger partial charge in [-0.15, -0.1) is 0 Å². The largest absolute Gasteiger partial charge is 0.485 e. The van der Waals surface area contributed by atoms with Gasteiger partial charge in [0.25, 0.3) is 5.91 Å². The minimum atomic E-state index is -0.0798. The SMILES string of the molecule is CCN1C[C@@H](CN(C)C(=O)c2c(C)nn(Cc3ccccc3)c2C)Oc2ccccc21. The van der Waals surface area contributed by atoms with Gasteiger partial charge >= 0.3 is 0 Å². The summed E-state index contributed by atoms with van der Waals surface area (Å²) in [7, 11) is 1.84. The molecule has 162 valence electrons. The molecule has 6 heteroatoms. The van der Waals surface area contributed by atoms with Gasteiger partial charge in [-0.2, -0.15) is 5.10 Å². The molecular formula is C25H30N4O2. The molecule has 1 atom stereocenters. The van der Waals surface area contributed by atoms with E-state index in [-0.39, 0.29) is 12.0 Å². The Hall–Kier alpha value is -3.28. The molecule has 0 saturated carbocycles. The van der Waals surface area contributed by atoms with E-state index in [1.807, 2.05) is 62.0 Å². The Kier molecular flexibility index (Phi) is 5.98. The molecule has 3 aromatic rings. The van der Waals surface area contributed by atoms with Crippen molar-refractivity contribution < 1.29 is 9.53 Å². The number of likely N-dealkylation sites (N-methyl/N-ethyl adjacent to an activating group) is 2. The topological polar surface area (TPSA) is 50.6 Å². The first-order chi connectivity index (χ1) is 15.0. The number of hydrogen-bond donors (Lipinski definition) is 0. The van der Waals surface area contributed by atoms with E-state index < -0.39 is 0 Å². The van der Waals surface area contributed by atoms with Crippen molar-refractivity contribution in [3.05, 3.63) is 77.1 Å². The molecule has 1 aromatic heterocycles. The monoisotopic (exact) mass is 418 g/mol. The van der Waals surface area contributed by atoms with Crippen LogP contribution in [0.15, 0.2) is 54.6 Å². The number of rotatable bonds is 6. The van der Waals surface area contributed by atoms with Crippen molar-refractivity contribution in [2.75, 3.05) is 31.6 Å². The number of carbonyl (C=O) groups is 1. The van der Waals surface area contributed by atoms with Crippen molar-refractivity contribution in [3.63, 3.8) is 0 Å². The number of benzene rings is 2. The summed E-state index contributed by atoms with van der Waals surface area (Å²) in [5, 5.41) is 4.64. The van der Waals surface area contributed by atoms with Crippen LogP contribution < -0.4 is 9.64 Å². The molecule has 2 heterocycles. The first-order valence-corrected chi connectivity index (χ1v) is 10.8. The van der Waals surface area contributed by atoms with Gasteiger partial charge in [0.05, 0.1) is 36.6 Å². The molecule has 2 aromatic carbocycles. The number of nitrogens with zero attached hydrogens (tertiary/aromatic N) is 4. The molecule has 4 rings (SSSR count). The van der Waals surface area contributed by atoms with Gasteiger partial charge in [-0.1, -0.05) is 42.5 Å². The van der Waals surface area contributed by atoms with Gasteiger partial charge in [0.15, 0.2) is 0 Å². The predicted octanol–water partition coefficient (Wildman–Crippen LogP) is 3.91. The van der Waals surface area contributed by atoms with E-state index in [0.29, 0.717) is 18.7 Å². The maximum Gasteiger partial charge on any atom is 0.257 e. The summed E-state index contributed by atoms with van der Waals surface area (Å²) in [6.45, 7) is 8.85. The lowest BCUT2D eigenvalue weighted by molar-refractivity contribution is 0.0708. The summed E-state index contributed by atoms with van der Waals surface area (Å²) in [6, 6.07) is 18.3. The van der Waals surface area contributed by atoms with Gasteiger partial charge in [0.2, 0.25) is 0 Å². The molecular weight excluding hydrogens is 388 g/mol. The number of amides is 1. The van der Waals surface area contributed by atoms with E-state index in [1.165, 1.54) is 0 Å². The summed E-state index contributed by atoms with van der Waals surface area (Å²) in [5.41, 5.74) is 4.61. The van der Waals surface area contributed by atoms with Crippen LogP contribution in [0.2, 0.25) is 0 Å². The maximum absolute atomic E-state index is 13.3. The Morgan fingerprint density at radius 3 is 2.58 bits per heavy atom. The molecule has 1 amide bonds. The van der Waals surface area contributed by atoms with Crippen LogP contribution in [0.5, 0.6) is 5.75 Å². The van der Waals surface area contributed by atoms with Gasteiger partial charge in [0.1, 0.15) is 11.9 Å². The lowest BCUT2D eigenvalue weighted by atomic mass is 10.1. The molecule has 0 unspecified atom stereocenters. The van der Waals surface area contributed by atoms with Crippen molar-refractivity contribution in [1.82, 2.24) is 14.7 Å². The van der Waals surface area contributed by atoms with E-state index in [9.17, 15) is 4.79 Å². The van der Waals surface area contributed by atoms with Gasteiger partial charge in [-0.3, -0.25) is 9.48 Å². The third kappa shape index (κ3) is 4.29. The first-order valence-electron chi connectivity index (χ1n) is 10.8. The van der Waals surface area contributed by atoms with E-state index >= 15 is 0 Å². The van der Waals surface area contributed by atoms with Crippen molar-refractivity contribution in [1.29, 1.82) is 0 Å². The van der Waals surface area contributed by atoms with Gasteiger partial charge < -0.3 is 14.5 Å². The number of anilines is 1. The fourth-order valence-corrected chi connectivity index (χ4v) is 4.27. The maximum atomic E-state index is 13.3. The molecule has 1 aliphatic heterocycles. The van der Waals surface area contributed by atoms with Crippen LogP contribution in [0.3, 0.4) is 0 Å². The lowest BCUT2D eigenvalue weighted by Gasteiger charge is -2.37. The van der Waals surface area contributed by atoms with Crippen molar-refractivity contribution in [3.8, 4) is 5.75 Å². The Morgan fingerprint density at radius 2 is 1.84 bits per heavy atom. The number of aromatic nitrogens is 2. The summed E-state index contributed by atoms with van der Waals surface area (Å²) in [6.07, 6.45) is -0.0798. The Morgan fingerprint density at radius 1 is 1.13 bits per heavy atom. The minimum absolute atomic E-state index is 0.0141. The van der Waals surface area contributed by atoms with Crippen LogP contribution in [0.1, 0.15) is 34.2 Å². The van der Waals surface area contributed by atoms with E-state index in [0.717, 1.165) is 41.5 Å². The highest BCUT2D eigenvalue weighted by Crippen LogP contribution is 2.33. The third-order valence-corrected chi connectivity index (χ3v) is 5.90. The molecule has 0 fully saturated rings. The first kappa shape index (κ1) is 21.0. The number of hydrogen-bond acceptors (Lipinski definition) is 4. The highest BCUT2D eigenvalue weighted by molar-refractivity contribution is 5.96. The molecule has 0 radical (unpaired) electrons. The standard InChI is InChI=1S/C25H30N4O2/c1-5-28-17-21(31-23-14-10-9-13-22(23)28)16-27(4)25(30)24-18(2)26-29(19(24)3)15-20-11-7-6-8-12-20/h6-14,21H,5,15-17H2,1-4H3/t21-/m1/s1. The average molecular weight is 419 g/mol.